The highest BCUT2D eigenvalue weighted by molar-refractivity contribution is 7.89. The number of rotatable bonds is 6. The number of Topliss-reactive ketones (excluding diaryl/α,β-unsaturated/α-hetero) is 1. The number of carbonyl (C=O) groups excluding carboxylic acids is 2. The summed E-state index contributed by atoms with van der Waals surface area (Å²) >= 11 is 6.02. The van der Waals surface area contributed by atoms with Gasteiger partial charge in [-0.1, -0.05) is 29.8 Å². The van der Waals surface area contributed by atoms with Crippen molar-refractivity contribution in [3.8, 4) is 0 Å². The van der Waals surface area contributed by atoms with Crippen molar-refractivity contribution in [1.82, 2.24) is 9.71 Å². The number of sulfonamides is 1. The molecule has 2 aromatic carbocycles. The third-order valence-electron chi connectivity index (χ3n) is 4.24. The van der Waals surface area contributed by atoms with Gasteiger partial charge in [-0.25, -0.2) is 17.9 Å². The Kier molecular flexibility index (Phi) is 5.55. The summed E-state index contributed by atoms with van der Waals surface area (Å²) in [5, 5.41) is 0.738. The van der Waals surface area contributed by atoms with Crippen LogP contribution in [0.25, 0.3) is 10.9 Å². The fraction of sp³-hybridized carbons (Fsp3) is 0.158. The second-order valence-electron chi connectivity index (χ2n) is 6.01. The maximum atomic E-state index is 12.7. The van der Waals surface area contributed by atoms with Crippen molar-refractivity contribution in [3.63, 3.8) is 0 Å². The minimum atomic E-state index is -3.76. The number of carbonyl (C=O) groups is 2. The number of benzene rings is 2. The maximum Gasteiger partial charge on any atom is 0.340 e. The lowest BCUT2D eigenvalue weighted by molar-refractivity contribution is 0.0319. The van der Waals surface area contributed by atoms with Gasteiger partial charge in [0.15, 0.2) is 6.10 Å². The molecule has 0 radical (unpaired) electrons. The second-order valence-corrected chi connectivity index (χ2v) is 8.30. The van der Waals surface area contributed by atoms with Crippen molar-refractivity contribution < 1.29 is 22.7 Å². The molecule has 146 valence electrons. The molecule has 0 fully saturated rings. The number of halogens is 1. The van der Waals surface area contributed by atoms with E-state index >= 15 is 0 Å². The summed E-state index contributed by atoms with van der Waals surface area (Å²) in [4.78, 5) is 28.1. The van der Waals surface area contributed by atoms with E-state index in [0.29, 0.717) is 5.56 Å². The Hall–Kier alpha value is -2.68. The molecule has 0 saturated heterocycles. The molecule has 2 N–H and O–H groups in total. The zero-order valence-electron chi connectivity index (χ0n) is 15.0. The summed E-state index contributed by atoms with van der Waals surface area (Å²) in [5.74, 6) is -1.28. The number of esters is 1. The molecule has 7 nitrogen and oxygen atoms in total. The summed E-state index contributed by atoms with van der Waals surface area (Å²) in [5.41, 5.74) is 1.04. The number of aromatic nitrogens is 1. The molecule has 1 atom stereocenters. The topological polar surface area (TPSA) is 105 Å². The molecular weight excluding hydrogens is 404 g/mol. The van der Waals surface area contributed by atoms with Crippen LogP contribution in [-0.4, -0.2) is 38.3 Å². The summed E-state index contributed by atoms with van der Waals surface area (Å²) in [6.45, 7) is 1.45. The summed E-state index contributed by atoms with van der Waals surface area (Å²) in [6.07, 6.45) is 0.470. The molecule has 3 rings (SSSR count). The Morgan fingerprint density at radius 1 is 1.14 bits per heavy atom. The van der Waals surface area contributed by atoms with Gasteiger partial charge in [-0.2, -0.15) is 0 Å². The molecule has 1 unspecified atom stereocenters. The fourth-order valence-electron chi connectivity index (χ4n) is 2.72. The predicted molar refractivity (Wildman–Crippen MR) is 105 cm³/mol. The molecular formula is C19H17ClN2O5S. The number of H-pyrrole nitrogens is 1. The van der Waals surface area contributed by atoms with Gasteiger partial charge >= 0.3 is 5.97 Å². The predicted octanol–water partition coefficient (Wildman–Crippen LogP) is 3.16. The van der Waals surface area contributed by atoms with Crippen LogP contribution in [0.3, 0.4) is 0 Å². The van der Waals surface area contributed by atoms with Crippen molar-refractivity contribution in [2.24, 2.45) is 0 Å². The highest BCUT2D eigenvalue weighted by atomic mass is 35.5. The first kappa shape index (κ1) is 20.1. The van der Waals surface area contributed by atoms with Gasteiger partial charge in [-0.05, 0) is 38.2 Å². The molecule has 0 amide bonds. The number of ketones is 1. The van der Waals surface area contributed by atoms with E-state index < -0.39 is 22.1 Å². The molecule has 0 spiro atoms. The van der Waals surface area contributed by atoms with Crippen LogP contribution in [0.5, 0.6) is 0 Å². The molecule has 9 heteroatoms. The summed E-state index contributed by atoms with van der Waals surface area (Å²) < 4.78 is 31.3. The number of fused-ring (bicyclic) bond motifs is 1. The molecule has 0 saturated carbocycles. The lowest BCUT2D eigenvalue weighted by Gasteiger charge is -2.13. The normalized spacial score (nSPS) is 12.7. The van der Waals surface area contributed by atoms with E-state index in [0.717, 1.165) is 17.0 Å². The lowest BCUT2D eigenvalue weighted by Crippen LogP contribution is -2.25. The first-order chi connectivity index (χ1) is 13.2. The molecule has 28 heavy (non-hydrogen) atoms. The maximum absolute atomic E-state index is 12.7. The minimum absolute atomic E-state index is 0.0202. The van der Waals surface area contributed by atoms with Gasteiger partial charge in [-0.3, -0.25) is 4.79 Å². The van der Waals surface area contributed by atoms with Crippen molar-refractivity contribution >= 4 is 44.3 Å². The highest BCUT2D eigenvalue weighted by Gasteiger charge is 2.25. The second kappa shape index (κ2) is 7.75. The van der Waals surface area contributed by atoms with Crippen LogP contribution in [0.1, 0.15) is 27.6 Å². The van der Waals surface area contributed by atoms with Crippen LogP contribution < -0.4 is 4.72 Å². The Labute approximate surface area is 166 Å². The number of para-hydroxylation sites is 1. The van der Waals surface area contributed by atoms with Crippen LogP contribution in [0.4, 0.5) is 0 Å². The minimum Gasteiger partial charge on any atom is -0.451 e. The molecule has 0 aliphatic rings. The monoisotopic (exact) mass is 420 g/mol. The Morgan fingerprint density at radius 2 is 1.86 bits per heavy atom. The Bertz CT molecular complexity index is 1170. The fourth-order valence-corrected chi connectivity index (χ4v) is 3.67. The van der Waals surface area contributed by atoms with Crippen molar-refractivity contribution in [2.45, 2.75) is 17.9 Å². The van der Waals surface area contributed by atoms with Gasteiger partial charge in [0.05, 0.1) is 15.5 Å². The first-order valence-corrected chi connectivity index (χ1v) is 10.1. The number of hydrogen-bond donors (Lipinski definition) is 2. The average molecular weight is 421 g/mol. The van der Waals surface area contributed by atoms with Gasteiger partial charge < -0.3 is 9.72 Å². The largest absolute Gasteiger partial charge is 0.451 e. The smallest absolute Gasteiger partial charge is 0.340 e. The molecule has 1 heterocycles. The number of ether oxygens (including phenoxy) is 1. The van der Waals surface area contributed by atoms with Crippen molar-refractivity contribution in [1.29, 1.82) is 0 Å². The number of aromatic amines is 1. The molecule has 0 aliphatic carbocycles. The zero-order chi connectivity index (χ0) is 20.5. The molecule has 0 bridgehead atoms. The molecule has 3 aromatic rings. The Morgan fingerprint density at radius 3 is 2.57 bits per heavy atom. The zero-order valence-corrected chi connectivity index (χ0v) is 16.6. The summed E-state index contributed by atoms with van der Waals surface area (Å²) in [7, 11) is -2.51. The van der Waals surface area contributed by atoms with E-state index in [1.807, 2.05) is 12.1 Å². The van der Waals surface area contributed by atoms with Gasteiger partial charge in [0, 0.05) is 22.7 Å². The van der Waals surface area contributed by atoms with Gasteiger partial charge in [0.2, 0.25) is 15.8 Å². The van der Waals surface area contributed by atoms with Crippen LogP contribution in [0, 0.1) is 0 Å². The standard InChI is InChI=1S/C19H17ClN2O5S/c1-11(18(23)15-10-22-17-6-4-3-5-13(15)17)27-19(24)14-9-12(7-8-16(14)20)28(25,26)21-2/h3-11,21-22H,1-2H3. The Balaban J connectivity index is 1.84. The van der Waals surface area contributed by atoms with Crippen LogP contribution in [0.2, 0.25) is 5.02 Å². The van der Waals surface area contributed by atoms with Gasteiger partial charge in [-0.15, -0.1) is 0 Å². The van der Waals surface area contributed by atoms with Crippen molar-refractivity contribution in [3.05, 3.63) is 64.8 Å². The SMILES string of the molecule is CNS(=O)(=O)c1ccc(Cl)c(C(=O)OC(C)C(=O)c2c[nH]c3ccccc23)c1. The first-order valence-electron chi connectivity index (χ1n) is 8.29. The molecule has 1 aromatic heterocycles. The highest BCUT2D eigenvalue weighted by Crippen LogP contribution is 2.23. The lowest BCUT2D eigenvalue weighted by atomic mass is 10.1. The van der Waals surface area contributed by atoms with E-state index in [1.165, 1.54) is 26.1 Å². The quantitative estimate of drug-likeness (QED) is 0.470. The van der Waals surface area contributed by atoms with Crippen LogP contribution in [-0.2, 0) is 14.8 Å². The van der Waals surface area contributed by atoms with E-state index in [-0.39, 0.29) is 21.3 Å². The van der Waals surface area contributed by atoms with E-state index in [4.69, 9.17) is 16.3 Å². The average Bonchev–Trinajstić information content (AvgIpc) is 3.11. The van der Waals surface area contributed by atoms with Crippen LogP contribution in [0.15, 0.2) is 53.6 Å². The number of hydrogen-bond acceptors (Lipinski definition) is 5. The number of nitrogens with one attached hydrogen (secondary N) is 2. The third kappa shape index (κ3) is 3.80. The third-order valence-corrected chi connectivity index (χ3v) is 5.99. The van der Waals surface area contributed by atoms with E-state index in [2.05, 4.69) is 9.71 Å². The van der Waals surface area contributed by atoms with E-state index in [9.17, 15) is 18.0 Å². The summed E-state index contributed by atoms with van der Waals surface area (Å²) in [6, 6.07) is 10.9. The molecule has 0 aliphatic heterocycles. The van der Waals surface area contributed by atoms with Gasteiger partial charge in [0.25, 0.3) is 0 Å². The van der Waals surface area contributed by atoms with E-state index in [1.54, 1.807) is 18.3 Å². The van der Waals surface area contributed by atoms with Crippen molar-refractivity contribution in [2.75, 3.05) is 7.05 Å². The van der Waals surface area contributed by atoms with Gasteiger partial charge in [0.1, 0.15) is 0 Å². The van der Waals surface area contributed by atoms with Crippen LogP contribution >= 0.6 is 11.6 Å².